The molecule has 1 radical (unpaired) electrons. The molecule has 16 heavy (non-hydrogen) atoms. The van der Waals surface area contributed by atoms with Gasteiger partial charge in [0.05, 0.1) is 0 Å². The summed E-state index contributed by atoms with van der Waals surface area (Å²) in [5.41, 5.74) is 12.2. The summed E-state index contributed by atoms with van der Waals surface area (Å²) in [6.45, 7) is 0.780. The first-order valence-electron chi connectivity index (χ1n) is 5.33. The van der Waals surface area contributed by atoms with Crippen molar-refractivity contribution in [1.82, 2.24) is 4.98 Å². The summed E-state index contributed by atoms with van der Waals surface area (Å²) >= 11 is 0. The summed E-state index contributed by atoms with van der Waals surface area (Å²) in [5.74, 6) is -0.377. The van der Waals surface area contributed by atoms with Crippen molar-refractivity contribution in [3.8, 4) is 0 Å². The Hall–Kier alpha value is -1.62. The van der Waals surface area contributed by atoms with E-state index in [0.717, 1.165) is 25.1 Å². The quantitative estimate of drug-likeness (QED) is 0.712. The Kier molecular flexibility index (Phi) is 3.05. The topological polar surface area (TPSA) is 85.2 Å². The van der Waals surface area contributed by atoms with E-state index in [1.54, 1.807) is 12.4 Å². The Morgan fingerprint density at radius 3 is 3.06 bits per heavy atom. The van der Waals surface area contributed by atoms with Crippen molar-refractivity contribution in [1.29, 1.82) is 0 Å². The first-order valence-corrected chi connectivity index (χ1v) is 5.33. The molecule has 2 atom stereocenters. The minimum Gasteiger partial charge on any atom is -0.368 e. The molecule has 1 aliphatic heterocycles. The fraction of sp³-hybridized carbons (Fsp3) is 0.455. The highest BCUT2D eigenvalue weighted by molar-refractivity contribution is 5.84. The standard InChI is InChI=1S/C11H15N4O/c12-9-2-1-7-15(10(9)11(13)16)8-3-5-14-6-4-8/h3,5-6,9-10H,1-2,7,12H2,(H2,13,16). The van der Waals surface area contributed by atoms with E-state index in [-0.39, 0.29) is 11.9 Å². The van der Waals surface area contributed by atoms with Crippen LogP contribution >= 0.6 is 0 Å². The van der Waals surface area contributed by atoms with Gasteiger partial charge in [0.2, 0.25) is 5.91 Å². The molecule has 1 aromatic rings. The molecule has 5 nitrogen and oxygen atoms in total. The Bertz CT molecular complexity index is 368. The fourth-order valence-electron chi connectivity index (χ4n) is 2.15. The highest BCUT2D eigenvalue weighted by Gasteiger charge is 2.33. The summed E-state index contributed by atoms with van der Waals surface area (Å²) in [6, 6.07) is 4.17. The fourth-order valence-corrected chi connectivity index (χ4v) is 2.15. The molecule has 0 spiro atoms. The van der Waals surface area contributed by atoms with Gasteiger partial charge in [-0.1, -0.05) is 0 Å². The number of pyridine rings is 1. The first kappa shape index (κ1) is 10.9. The average Bonchev–Trinajstić information content (AvgIpc) is 2.29. The first-order chi connectivity index (χ1) is 7.70. The number of anilines is 1. The Morgan fingerprint density at radius 2 is 2.44 bits per heavy atom. The van der Waals surface area contributed by atoms with E-state index in [0.29, 0.717) is 0 Å². The van der Waals surface area contributed by atoms with Crippen LogP contribution < -0.4 is 16.4 Å². The number of carbonyl (C=O) groups is 1. The van der Waals surface area contributed by atoms with E-state index in [4.69, 9.17) is 11.5 Å². The zero-order valence-corrected chi connectivity index (χ0v) is 8.97. The van der Waals surface area contributed by atoms with E-state index in [9.17, 15) is 4.79 Å². The monoisotopic (exact) mass is 219 g/mol. The zero-order valence-electron chi connectivity index (χ0n) is 8.97. The van der Waals surface area contributed by atoms with Crippen LogP contribution in [0, 0.1) is 6.07 Å². The molecular formula is C11H15N4O. The van der Waals surface area contributed by atoms with Gasteiger partial charge in [-0.25, -0.2) is 0 Å². The number of nitrogens with zero attached hydrogens (tertiary/aromatic N) is 2. The highest BCUT2D eigenvalue weighted by Crippen LogP contribution is 2.22. The molecule has 0 bridgehead atoms. The van der Waals surface area contributed by atoms with E-state index >= 15 is 0 Å². The third-order valence-corrected chi connectivity index (χ3v) is 2.88. The molecule has 5 heteroatoms. The molecule has 0 aliphatic carbocycles. The van der Waals surface area contributed by atoms with Gasteiger partial charge in [-0.15, -0.1) is 0 Å². The molecule has 85 valence electrons. The van der Waals surface area contributed by atoms with Gasteiger partial charge in [0, 0.05) is 36.7 Å². The van der Waals surface area contributed by atoms with Gasteiger partial charge in [-0.3, -0.25) is 9.78 Å². The van der Waals surface area contributed by atoms with Gasteiger partial charge < -0.3 is 16.4 Å². The summed E-state index contributed by atoms with van der Waals surface area (Å²) in [6.07, 6.45) is 5.04. The van der Waals surface area contributed by atoms with Gasteiger partial charge in [0.25, 0.3) is 0 Å². The number of rotatable bonds is 2. The van der Waals surface area contributed by atoms with Crippen LogP contribution in [0.25, 0.3) is 0 Å². The van der Waals surface area contributed by atoms with E-state index in [2.05, 4.69) is 11.1 Å². The van der Waals surface area contributed by atoms with E-state index in [1.165, 1.54) is 0 Å². The SMILES string of the molecule is NC(=O)C1C(N)CCCN1c1[c]cncc1. The predicted molar refractivity (Wildman–Crippen MR) is 60.6 cm³/mol. The second-order valence-electron chi connectivity index (χ2n) is 3.97. The normalized spacial score (nSPS) is 25.4. The van der Waals surface area contributed by atoms with Gasteiger partial charge >= 0.3 is 0 Å². The number of amides is 1. The van der Waals surface area contributed by atoms with Crippen LogP contribution in [0.2, 0.25) is 0 Å². The van der Waals surface area contributed by atoms with Crippen LogP contribution in [-0.4, -0.2) is 29.5 Å². The minimum absolute atomic E-state index is 0.201. The summed E-state index contributed by atoms with van der Waals surface area (Å²) < 4.78 is 0. The smallest absolute Gasteiger partial charge is 0.241 e. The Balaban J connectivity index is 2.27. The molecule has 1 fully saturated rings. The van der Waals surface area contributed by atoms with Crippen LogP contribution in [0.15, 0.2) is 18.5 Å². The molecule has 4 N–H and O–H groups in total. The van der Waals surface area contributed by atoms with Crippen LogP contribution in [0.3, 0.4) is 0 Å². The Morgan fingerprint density at radius 1 is 1.62 bits per heavy atom. The molecule has 0 saturated carbocycles. The van der Waals surface area contributed by atoms with Crippen molar-refractivity contribution in [3.63, 3.8) is 0 Å². The molecule has 1 saturated heterocycles. The summed E-state index contributed by atoms with van der Waals surface area (Å²) in [5, 5.41) is 0. The van der Waals surface area contributed by atoms with Crippen molar-refractivity contribution >= 4 is 11.6 Å². The van der Waals surface area contributed by atoms with Gasteiger partial charge in [-0.2, -0.15) is 0 Å². The highest BCUT2D eigenvalue weighted by atomic mass is 16.1. The minimum atomic E-state index is -0.438. The number of carbonyl (C=O) groups excluding carboxylic acids is 1. The van der Waals surface area contributed by atoms with Crippen molar-refractivity contribution in [3.05, 3.63) is 24.5 Å². The van der Waals surface area contributed by atoms with Gasteiger partial charge in [-0.05, 0) is 18.9 Å². The third-order valence-electron chi connectivity index (χ3n) is 2.88. The van der Waals surface area contributed by atoms with E-state index < -0.39 is 6.04 Å². The van der Waals surface area contributed by atoms with Crippen molar-refractivity contribution in [2.24, 2.45) is 11.5 Å². The zero-order chi connectivity index (χ0) is 11.5. The second-order valence-corrected chi connectivity index (χ2v) is 3.97. The Labute approximate surface area is 94.4 Å². The molecule has 2 unspecified atom stereocenters. The molecule has 2 heterocycles. The number of nitrogens with two attached hydrogens (primary N) is 2. The van der Waals surface area contributed by atoms with Crippen LogP contribution in [0.5, 0.6) is 0 Å². The molecule has 1 aliphatic rings. The summed E-state index contributed by atoms with van der Waals surface area (Å²) in [7, 11) is 0. The maximum Gasteiger partial charge on any atom is 0.241 e. The van der Waals surface area contributed by atoms with Gasteiger partial charge in [0.1, 0.15) is 6.04 Å². The number of piperidine rings is 1. The van der Waals surface area contributed by atoms with Crippen LogP contribution in [0.1, 0.15) is 12.8 Å². The second kappa shape index (κ2) is 4.49. The summed E-state index contributed by atoms with van der Waals surface area (Å²) in [4.78, 5) is 17.2. The molecule has 1 amide bonds. The van der Waals surface area contributed by atoms with Crippen molar-refractivity contribution < 1.29 is 4.79 Å². The third kappa shape index (κ3) is 1.99. The lowest BCUT2D eigenvalue weighted by Crippen LogP contribution is -2.58. The predicted octanol–water partition coefficient (Wildman–Crippen LogP) is -0.337. The maximum atomic E-state index is 11.4. The van der Waals surface area contributed by atoms with Crippen molar-refractivity contribution in [2.45, 2.75) is 24.9 Å². The lowest BCUT2D eigenvalue weighted by Gasteiger charge is -2.39. The maximum absolute atomic E-state index is 11.4. The molecule has 0 aromatic carbocycles. The number of hydrogen-bond acceptors (Lipinski definition) is 4. The van der Waals surface area contributed by atoms with Crippen LogP contribution in [0.4, 0.5) is 5.69 Å². The lowest BCUT2D eigenvalue weighted by atomic mass is 9.96. The number of primary amides is 1. The van der Waals surface area contributed by atoms with E-state index in [1.807, 2.05) is 11.0 Å². The average molecular weight is 219 g/mol. The van der Waals surface area contributed by atoms with Gasteiger partial charge in [0.15, 0.2) is 0 Å². The molecule has 1 aromatic heterocycles. The number of hydrogen-bond donors (Lipinski definition) is 2. The molecular weight excluding hydrogens is 204 g/mol. The number of aromatic nitrogens is 1. The lowest BCUT2D eigenvalue weighted by molar-refractivity contribution is -0.120. The van der Waals surface area contributed by atoms with Crippen molar-refractivity contribution in [2.75, 3.05) is 11.4 Å². The largest absolute Gasteiger partial charge is 0.368 e. The van der Waals surface area contributed by atoms with Crippen LogP contribution in [-0.2, 0) is 4.79 Å². The molecule has 2 rings (SSSR count).